The van der Waals surface area contributed by atoms with E-state index in [2.05, 4.69) is 30.1 Å². The highest BCUT2D eigenvalue weighted by molar-refractivity contribution is 5.63. The number of hydrogen-bond donors (Lipinski definition) is 1. The van der Waals surface area contributed by atoms with Crippen LogP contribution < -0.4 is 10.2 Å². The molecular formula is C15H20N4O2. The van der Waals surface area contributed by atoms with Crippen LogP contribution in [0, 0.1) is 21.4 Å². The van der Waals surface area contributed by atoms with E-state index >= 15 is 0 Å². The van der Waals surface area contributed by atoms with Crippen molar-refractivity contribution in [2.45, 2.75) is 38.8 Å². The van der Waals surface area contributed by atoms with Gasteiger partial charge in [-0.1, -0.05) is 13.8 Å². The van der Waals surface area contributed by atoms with Gasteiger partial charge in [-0.25, -0.2) is 0 Å². The Balaban J connectivity index is 2.38. The normalized spacial score (nSPS) is 21.9. The van der Waals surface area contributed by atoms with Gasteiger partial charge in [0.25, 0.3) is 5.69 Å². The third-order valence-corrected chi connectivity index (χ3v) is 4.08. The lowest BCUT2D eigenvalue weighted by Crippen LogP contribution is -2.56. The first-order valence-electron chi connectivity index (χ1n) is 7.29. The van der Waals surface area contributed by atoms with Crippen LogP contribution in [-0.2, 0) is 0 Å². The second-order valence-electron chi connectivity index (χ2n) is 5.30. The summed E-state index contributed by atoms with van der Waals surface area (Å²) >= 11 is 0. The van der Waals surface area contributed by atoms with Gasteiger partial charge >= 0.3 is 0 Å². The summed E-state index contributed by atoms with van der Waals surface area (Å²) in [4.78, 5) is 12.6. The fourth-order valence-corrected chi connectivity index (χ4v) is 2.77. The van der Waals surface area contributed by atoms with Crippen molar-refractivity contribution in [1.82, 2.24) is 5.32 Å². The molecule has 0 saturated carbocycles. The maximum Gasteiger partial charge on any atom is 0.270 e. The van der Waals surface area contributed by atoms with Crippen LogP contribution in [-0.4, -0.2) is 30.1 Å². The number of anilines is 1. The minimum Gasteiger partial charge on any atom is -0.365 e. The van der Waals surface area contributed by atoms with Crippen LogP contribution in [0.25, 0.3) is 0 Å². The first-order valence-corrected chi connectivity index (χ1v) is 7.29. The van der Waals surface area contributed by atoms with Gasteiger partial charge in [0.15, 0.2) is 0 Å². The first-order chi connectivity index (χ1) is 10.1. The van der Waals surface area contributed by atoms with Crippen molar-refractivity contribution in [3.05, 3.63) is 33.9 Å². The van der Waals surface area contributed by atoms with E-state index in [1.165, 1.54) is 12.1 Å². The number of nitriles is 1. The van der Waals surface area contributed by atoms with E-state index in [0.717, 1.165) is 31.6 Å². The average Bonchev–Trinajstić information content (AvgIpc) is 2.53. The summed E-state index contributed by atoms with van der Waals surface area (Å²) in [6.45, 7) is 5.94. The molecular weight excluding hydrogens is 268 g/mol. The predicted molar refractivity (Wildman–Crippen MR) is 81.3 cm³/mol. The van der Waals surface area contributed by atoms with Crippen molar-refractivity contribution in [2.75, 3.05) is 18.0 Å². The minimum absolute atomic E-state index is 0.0366. The van der Waals surface area contributed by atoms with E-state index < -0.39 is 4.92 Å². The van der Waals surface area contributed by atoms with Gasteiger partial charge in [0.2, 0.25) is 0 Å². The van der Waals surface area contributed by atoms with Crippen molar-refractivity contribution in [1.29, 1.82) is 5.26 Å². The SMILES string of the molecule is CCC1CN(c2ccc([N+](=O)[O-])cc2C#N)C(CC)CN1. The van der Waals surface area contributed by atoms with E-state index in [4.69, 9.17) is 0 Å². The number of benzene rings is 1. The number of nitro benzene ring substituents is 1. The maximum atomic E-state index is 10.8. The number of nitrogens with zero attached hydrogens (tertiary/aromatic N) is 3. The summed E-state index contributed by atoms with van der Waals surface area (Å²) in [5, 5.41) is 23.7. The molecule has 2 atom stereocenters. The Morgan fingerprint density at radius 2 is 2.24 bits per heavy atom. The third-order valence-electron chi connectivity index (χ3n) is 4.08. The molecule has 6 heteroatoms. The van der Waals surface area contributed by atoms with Gasteiger partial charge < -0.3 is 10.2 Å². The number of nitro groups is 1. The average molecular weight is 288 g/mol. The summed E-state index contributed by atoms with van der Waals surface area (Å²) in [6.07, 6.45) is 1.98. The van der Waals surface area contributed by atoms with Gasteiger partial charge in [0.05, 0.1) is 16.2 Å². The lowest BCUT2D eigenvalue weighted by Gasteiger charge is -2.41. The van der Waals surface area contributed by atoms with Gasteiger partial charge in [-0.3, -0.25) is 10.1 Å². The molecule has 0 radical (unpaired) electrons. The van der Waals surface area contributed by atoms with Crippen molar-refractivity contribution in [3.8, 4) is 6.07 Å². The highest BCUT2D eigenvalue weighted by Gasteiger charge is 2.28. The van der Waals surface area contributed by atoms with Crippen LogP contribution in [0.2, 0.25) is 0 Å². The highest BCUT2D eigenvalue weighted by atomic mass is 16.6. The molecule has 0 aliphatic carbocycles. The zero-order chi connectivity index (χ0) is 15.4. The molecule has 1 aromatic carbocycles. The van der Waals surface area contributed by atoms with E-state index in [-0.39, 0.29) is 5.69 Å². The molecule has 0 spiro atoms. The lowest BCUT2D eigenvalue weighted by molar-refractivity contribution is -0.384. The summed E-state index contributed by atoms with van der Waals surface area (Å²) in [5.41, 5.74) is 1.14. The van der Waals surface area contributed by atoms with Gasteiger partial charge in [0.1, 0.15) is 6.07 Å². The van der Waals surface area contributed by atoms with E-state index in [0.29, 0.717) is 17.6 Å². The van der Waals surface area contributed by atoms with Crippen molar-refractivity contribution < 1.29 is 4.92 Å². The van der Waals surface area contributed by atoms with Gasteiger partial charge in [-0.15, -0.1) is 0 Å². The molecule has 2 rings (SSSR count). The molecule has 1 aliphatic heterocycles. The molecule has 112 valence electrons. The third kappa shape index (κ3) is 3.14. The molecule has 21 heavy (non-hydrogen) atoms. The number of rotatable bonds is 4. The van der Waals surface area contributed by atoms with E-state index in [1.54, 1.807) is 6.07 Å². The Morgan fingerprint density at radius 1 is 1.48 bits per heavy atom. The molecule has 1 aliphatic rings. The number of hydrogen-bond acceptors (Lipinski definition) is 5. The molecule has 0 aromatic heterocycles. The quantitative estimate of drug-likeness (QED) is 0.679. The number of non-ortho nitro benzene ring substituents is 1. The summed E-state index contributed by atoms with van der Waals surface area (Å²) in [5.74, 6) is 0. The molecule has 6 nitrogen and oxygen atoms in total. The van der Waals surface area contributed by atoms with Crippen molar-refractivity contribution in [2.24, 2.45) is 0 Å². The molecule has 1 saturated heterocycles. The van der Waals surface area contributed by atoms with Crippen LogP contribution in [0.1, 0.15) is 32.3 Å². The zero-order valence-corrected chi connectivity index (χ0v) is 12.4. The number of nitrogens with one attached hydrogen (secondary N) is 1. The molecule has 1 heterocycles. The van der Waals surface area contributed by atoms with Gasteiger partial charge in [0, 0.05) is 37.3 Å². The maximum absolute atomic E-state index is 10.8. The standard InChI is InChI=1S/C15H20N4O2/c1-3-12-10-18(13(4-2)9-17-12)15-6-5-14(19(20)21)7-11(15)8-16/h5-7,12-13,17H,3-4,9-10H2,1-2H3. The van der Waals surface area contributed by atoms with Crippen molar-refractivity contribution >= 4 is 11.4 Å². The Kier molecular flexibility index (Phi) is 4.76. The first kappa shape index (κ1) is 15.3. The minimum atomic E-state index is -0.464. The van der Waals surface area contributed by atoms with Crippen LogP contribution in [0.3, 0.4) is 0 Å². The van der Waals surface area contributed by atoms with E-state index in [9.17, 15) is 15.4 Å². The van der Waals surface area contributed by atoms with Crippen molar-refractivity contribution in [3.63, 3.8) is 0 Å². The topological polar surface area (TPSA) is 82.2 Å². The molecule has 0 amide bonds. The zero-order valence-electron chi connectivity index (χ0n) is 12.4. The van der Waals surface area contributed by atoms with Gasteiger partial charge in [-0.05, 0) is 18.9 Å². The Morgan fingerprint density at radius 3 is 2.81 bits per heavy atom. The van der Waals surface area contributed by atoms with Gasteiger partial charge in [-0.2, -0.15) is 5.26 Å². The summed E-state index contributed by atoms with van der Waals surface area (Å²) in [7, 11) is 0. The monoisotopic (exact) mass is 288 g/mol. The fraction of sp³-hybridized carbons (Fsp3) is 0.533. The van der Waals surface area contributed by atoms with Crippen LogP contribution in [0.5, 0.6) is 0 Å². The second kappa shape index (κ2) is 6.55. The molecule has 1 N–H and O–H groups in total. The smallest absolute Gasteiger partial charge is 0.270 e. The summed E-state index contributed by atoms with van der Waals surface area (Å²) in [6, 6.07) is 7.34. The second-order valence-corrected chi connectivity index (χ2v) is 5.30. The molecule has 1 fully saturated rings. The van der Waals surface area contributed by atoms with Crippen LogP contribution >= 0.6 is 0 Å². The van der Waals surface area contributed by atoms with Crippen LogP contribution in [0.15, 0.2) is 18.2 Å². The molecule has 1 aromatic rings. The Bertz CT molecular complexity index is 567. The molecule has 2 unspecified atom stereocenters. The predicted octanol–water partition coefficient (Wildman–Crippen LogP) is 2.43. The molecule has 0 bridgehead atoms. The largest absolute Gasteiger partial charge is 0.365 e. The lowest BCUT2D eigenvalue weighted by atomic mass is 10.0. The summed E-state index contributed by atoms with van der Waals surface area (Å²) < 4.78 is 0. The number of piperazine rings is 1. The van der Waals surface area contributed by atoms with Crippen LogP contribution in [0.4, 0.5) is 11.4 Å². The van der Waals surface area contributed by atoms with E-state index in [1.807, 2.05) is 0 Å². The highest BCUT2D eigenvalue weighted by Crippen LogP contribution is 2.28. The fourth-order valence-electron chi connectivity index (χ4n) is 2.77. The Labute approximate surface area is 124 Å². The Hall–Kier alpha value is -2.13.